The van der Waals surface area contributed by atoms with Crippen LogP contribution in [0, 0.1) is 6.92 Å². The predicted octanol–water partition coefficient (Wildman–Crippen LogP) is 3.66. The Morgan fingerprint density at radius 2 is 2.31 bits per heavy atom. The Balaban J connectivity index is 2.64. The minimum atomic E-state index is 0.227. The molecule has 0 amide bonds. The van der Waals surface area contributed by atoms with E-state index >= 15 is 0 Å². The van der Waals surface area contributed by atoms with Gasteiger partial charge in [-0.25, -0.2) is 9.97 Å². The highest BCUT2D eigenvalue weighted by Crippen LogP contribution is 2.30. The van der Waals surface area contributed by atoms with Gasteiger partial charge in [0, 0.05) is 0 Å². The minimum Gasteiger partial charge on any atom is -0.492 e. The second kappa shape index (κ2) is 4.39. The molecule has 2 rings (SSSR count). The summed E-state index contributed by atoms with van der Waals surface area (Å²) in [6.45, 7) is 8.32. The van der Waals surface area contributed by atoms with Crippen LogP contribution in [-0.4, -0.2) is 16.6 Å². The summed E-state index contributed by atoms with van der Waals surface area (Å²) in [6.07, 6.45) is 0. The maximum atomic E-state index is 5.88. The molecule has 0 fully saturated rings. The van der Waals surface area contributed by atoms with Gasteiger partial charge in [-0.2, -0.15) is 0 Å². The fourth-order valence-electron chi connectivity index (χ4n) is 1.44. The average Bonchev–Trinajstić information content (AvgIpc) is 2.60. The normalized spacial score (nSPS) is 10.7. The van der Waals surface area contributed by atoms with Gasteiger partial charge >= 0.3 is 0 Å². The molecule has 0 atom stereocenters. The van der Waals surface area contributed by atoms with E-state index in [4.69, 9.17) is 16.3 Å². The monoisotopic (exact) mass is 254 g/mol. The molecule has 2 heterocycles. The molecule has 84 valence electrons. The van der Waals surface area contributed by atoms with Crippen LogP contribution in [0.5, 0.6) is 0 Å². The molecule has 0 saturated heterocycles. The topological polar surface area (TPSA) is 35.0 Å². The average molecular weight is 255 g/mol. The second-order valence-corrected chi connectivity index (χ2v) is 4.51. The Labute approximate surface area is 103 Å². The van der Waals surface area contributed by atoms with Gasteiger partial charge in [0.1, 0.15) is 11.5 Å². The fourth-order valence-corrected chi connectivity index (χ4v) is 2.60. The van der Waals surface area contributed by atoms with Gasteiger partial charge in [-0.1, -0.05) is 6.58 Å². The van der Waals surface area contributed by atoms with Crippen molar-refractivity contribution >= 4 is 38.9 Å². The lowest BCUT2D eigenvalue weighted by Gasteiger charge is -2.07. The zero-order valence-corrected chi connectivity index (χ0v) is 10.7. The van der Waals surface area contributed by atoms with Crippen molar-refractivity contribution < 1.29 is 4.74 Å². The van der Waals surface area contributed by atoms with E-state index in [1.807, 2.05) is 19.2 Å². The molecule has 0 aliphatic heterocycles. The van der Waals surface area contributed by atoms with Crippen molar-refractivity contribution in [3.05, 3.63) is 28.5 Å². The zero-order valence-electron chi connectivity index (χ0n) is 9.08. The summed E-state index contributed by atoms with van der Waals surface area (Å²) in [4.78, 5) is 8.38. The second-order valence-electron chi connectivity index (χ2n) is 3.29. The maximum Gasteiger partial charge on any atom is 0.223 e. The molecule has 0 radical (unpaired) electrons. The van der Waals surface area contributed by atoms with Gasteiger partial charge in [0.05, 0.1) is 16.8 Å². The molecule has 0 bridgehead atoms. The van der Waals surface area contributed by atoms with Crippen LogP contribution in [0.2, 0.25) is 5.28 Å². The van der Waals surface area contributed by atoms with E-state index in [2.05, 4.69) is 16.5 Å². The number of ether oxygens (including phenoxy) is 1. The number of hydrogen-bond acceptors (Lipinski definition) is 4. The van der Waals surface area contributed by atoms with Crippen LogP contribution in [0.1, 0.15) is 18.2 Å². The molecule has 0 aliphatic rings. The molecule has 0 saturated carbocycles. The van der Waals surface area contributed by atoms with Gasteiger partial charge in [-0.3, -0.25) is 0 Å². The van der Waals surface area contributed by atoms with Crippen LogP contribution in [0.4, 0.5) is 0 Å². The van der Waals surface area contributed by atoms with Crippen LogP contribution in [-0.2, 0) is 4.74 Å². The summed E-state index contributed by atoms with van der Waals surface area (Å²) in [6, 6.07) is 0. The molecular formula is C11H11ClN2OS. The molecule has 0 aromatic carbocycles. The summed E-state index contributed by atoms with van der Waals surface area (Å²) in [5.41, 5.74) is 2.66. The molecule has 0 N–H and O–H groups in total. The third-order valence-corrected chi connectivity index (χ3v) is 3.41. The smallest absolute Gasteiger partial charge is 0.223 e. The Bertz CT molecular complexity index is 550. The van der Waals surface area contributed by atoms with E-state index in [1.165, 1.54) is 0 Å². The van der Waals surface area contributed by atoms with Gasteiger partial charge in [-0.05, 0) is 36.4 Å². The van der Waals surface area contributed by atoms with E-state index < -0.39 is 0 Å². The van der Waals surface area contributed by atoms with Crippen LogP contribution < -0.4 is 0 Å². The lowest BCUT2D eigenvalue weighted by atomic mass is 10.2. The summed E-state index contributed by atoms with van der Waals surface area (Å²) in [5, 5.41) is 2.25. The number of aryl methyl sites for hydroxylation is 1. The molecule has 5 heteroatoms. The maximum absolute atomic E-state index is 5.88. The van der Waals surface area contributed by atoms with Gasteiger partial charge in [-0.15, -0.1) is 11.3 Å². The van der Waals surface area contributed by atoms with Gasteiger partial charge in [0.25, 0.3) is 0 Å². The molecule has 0 spiro atoms. The van der Waals surface area contributed by atoms with Crippen molar-refractivity contribution in [2.24, 2.45) is 0 Å². The largest absolute Gasteiger partial charge is 0.492 e. The number of hydrogen-bond donors (Lipinski definition) is 0. The SMILES string of the molecule is C=C(OCC)c1nc(Cl)nc2c(C)csc12. The highest BCUT2D eigenvalue weighted by atomic mass is 35.5. The summed E-state index contributed by atoms with van der Waals surface area (Å²) in [7, 11) is 0. The Morgan fingerprint density at radius 3 is 3.00 bits per heavy atom. The molecule has 2 aromatic heterocycles. The van der Waals surface area contributed by atoms with Crippen molar-refractivity contribution in [3.63, 3.8) is 0 Å². The van der Waals surface area contributed by atoms with Crippen LogP contribution >= 0.6 is 22.9 Å². The number of rotatable bonds is 3. The van der Waals surface area contributed by atoms with Crippen molar-refractivity contribution in [3.8, 4) is 0 Å². The van der Waals surface area contributed by atoms with Crippen molar-refractivity contribution in [1.29, 1.82) is 0 Å². The standard InChI is InChI=1S/C11H11ClN2OS/c1-4-15-7(3)9-10-8(6(2)5-16-10)13-11(12)14-9/h5H,3-4H2,1-2H3. The van der Waals surface area contributed by atoms with Crippen LogP contribution in [0.3, 0.4) is 0 Å². The van der Waals surface area contributed by atoms with Crippen LogP contribution in [0.15, 0.2) is 12.0 Å². The zero-order chi connectivity index (χ0) is 11.7. The van der Waals surface area contributed by atoms with E-state index in [1.54, 1.807) is 11.3 Å². The van der Waals surface area contributed by atoms with Crippen molar-refractivity contribution in [1.82, 2.24) is 9.97 Å². The lowest BCUT2D eigenvalue weighted by Crippen LogP contribution is -1.96. The fraction of sp³-hybridized carbons (Fsp3) is 0.273. The summed E-state index contributed by atoms with van der Waals surface area (Å²) in [5.74, 6) is 0.540. The molecule has 3 nitrogen and oxygen atoms in total. The first-order chi connectivity index (χ1) is 7.63. The predicted molar refractivity (Wildman–Crippen MR) is 67.8 cm³/mol. The lowest BCUT2D eigenvalue weighted by molar-refractivity contribution is 0.298. The van der Waals surface area contributed by atoms with Gasteiger partial charge in [0.15, 0.2) is 0 Å². The van der Waals surface area contributed by atoms with Gasteiger partial charge < -0.3 is 4.74 Å². The van der Waals surface area contributed by atoms with E-state index in [0.29, 0.717) is 18.1 Å². The molecular weight excluding hydrogens is 244 g/mol. The highest BCUT2D eigenvalue weighted by Gasteiger charge is 2.13. The quantitative estimate of drug-likeness (QED) is 0.619. The number of nitrogens with zero attached hydrogens (tertiary/aromatic N) is 2. The molecule has 16 heavy (non-hydrogen) atoms. The van der Waals surface area contributed by atoms with Gasteiger partial charge in [0.2, 0.25) is 5.28 Å². The van der Waals surface area contributed by atoms with Crippen molar-refractivity contribution in [2.45, 2.75) is 13.8 Å². The number of halogens is 1. The van der Waals surface area contributed by atoms with E-state index in [0.717, 1.165) is 15.8 Å². The Kier molecular flexibility index (Phi) is 3.12. The number of fused-ring (bicyclic) bond motifs is 1. The first-order valence-corrected chi connectivity index (χ1v) is 6.12. The highest BCUT2D eigenvalue weighted by molar-refractivity contribution is 7.17. The Morgan fingerprint density at radius 1 is 1.56 bits per heavy atom. The minimum absolute atomic E-state index is 0.227. The molecule has 0 aliphatic carbocycles. The summed E-state index contributed by atoms with van der Waals surface area (Å²) < 4.78 is 6.34. The van der Waals surface area contributed by atoms with Crippen LogP contribution in [0.25, 0.3) is 16.0 Å². The van der Waals surface area contributed by atoms with E-state index in [-0.39, 0.29) is 5.28 Å². The van der Waals surface area contributed by atoms with E-state index in [9.17, 15) is 0 Å². The summed E-state index contributed by atoms with van der Waals surface area (Å²) >= 11 is 7.46. The first-order valence-electron chi connectivity index (χ1n) is 4.87. The first kappa shape index (κ1) is 11.4. The van der Waals surface area contributed by atoms with Crippen molar-refractivity contribution in [2.75, 3.05) is 6.61 Å². The molecule has 2 aromatic rings. The third-order valence-electron chi connectivity index (χ3n) is 2.15. The Hall–Kier alpha value is -1.13. The molecule has 0 unspecified atom stereocenters. The third kappa shape index (κ3) is 1.90. The number of thiophene rings is 1. The number of aromatic nitrogens is 2.